The minimum absolute atomic E-state index is 0.0170. The number of benzene rings is 1. The molecule has 1 aromatic rings. The molecule has 112 valence electrons. The molecule has 1 unspecified atom stereocenters. The molecule has 0 radical (unpaired) electrons. The first-order chi connectivity index (χ1) is 9.38. The van der Waals surface area contributed by atoms with E-state index in [4.69, 9.17) is 14.6 Å². The van der Waals surface area contributed by atoms with Crippen LogP contribution in [0.2, 0.25) is 0 Å². The number of nitrogens with two attached hydrogens (primary N) is 1. The molecule has 8 heteroatoms. The minimum Gasteiger partial charge on any atom is -0.490 e. The van der Waals surface area contributed by atoms with Gasteiger partial charge in [-0.3, -0.25) is 0 Å². The lowest BCUT2D eigenvalue weighted by molar-refractivity contribution is -0.0112. The fourth-order valence-corrected chi connectivity index (χ4v) is 3.18. The van der Waals surface area contributed by atoms with E-state index in [1.807, 2.05) is 0 Å². The molecule has 1 saturated heterocycles. The molecule has 2 N–H and O–H groups in total. The predicted molar refractivity (Wildman–Crippen MR) is 74.6 cm³/mol. The van der Waals surface area contributed by atoms with Gasteiger partial charge in [0.25, 0.3) is 0 Å². The van der Waals surface area contributed by atoms with Crippen LogP contribution in [0.4, 0.5) is 4.39 Å². The highest BCUT2D eigenvalue weighted by atomic mass is 79.9. The summed E-state index contributed by atoms with van der Waals surface area (Å²) in [6.07, 6.45) is 3.00. The van der Waals surface area contributed by atoms with Gasteiger partial charge in [0.15, 0.2) is 0 Å². The summed E-state index contributed by atoms with van der Waals surface area (Å²) >= 11 is 3.15. The Morgan fingerprint density at radius 1 is 1.45 bits per heavy atom. The lowest BCUT2D eigenvalue weighted by atomic mass is 10.1. The summed E-state index contributed by atoms with van der Waals surface area (Å²) in [5.74, 6) is -0.709. The summed E-state index contributed by atoms with van der Waals surface area (Å²) in [7, 11) is -4.09. The van der Waals surface area contributed by atoms with E-state index in [2.05, 4.69) is 15.9 Å². The zero-order chi connectivity index (χ0) is 14.8. The number of hydrogen-bond donors (Lipinski definition) is 1. The highest BCUT2D eigenvalue weighted by molar-refractivity contribution is 9.10. The standard InChI is InChI=1S/C12H15BrFNO4S/c13-9-5-12(20(15,16)17)10(14)6-11(9)19-7-8-3-1-2-4-18-8/h5-6,8H,1-4,7H2,(H2,15,16,17). The van der Waals surface area contributed by atoms with Crippen LogP contribution in [0.1, 0.15) is 19.3 Å². The van der Waals surface area contributed by atoms with Crippen LogP contribution in [0.15, 0.2) is 21.5 Å². The lowest BCUT2D eigenvalue weighted by Gasteiger charge is -2.23. The minimum atomic E-state index is -4.09. The Morgan fingerprint density at radius 3 is 2.80 bits per heavy atom. The number of sulfonamides is 1. The third kappa shape index (κ3) is 3.91. The summed E-state index contributed by atoms with van der Waals surface area (Å²) in [6.45, 7) is 1.00. The van der Waals surface area contributed by atoms with Gasteiger partial charge in [-0.05, 0) is 41.3 Å². The van der Waals surface area contributed by atoms with Crippen LogP contribution >= 0.6 is 15.9 Å². The molecular weight excluding hydrogens is 353 g/mol. The van der Waals surface area contributed by atoms with Gasteiger partial charge in [0.2, 0.25) is 10.0 Å². The fourth-order valence-electron chi connectivity index (χ4n) is 1.96. The van der Waals surface area contributed by atoms with E-state index in [1.54, 1.807) is 0 Å². The number of ether oxygens (including phenoxy) is 2. The summed E-state index contributed by atoms with van der Waals surface area (Å²) in [4.78, 5) is -0.564. The van der Waals surface area contributed by atoms with Crippen LogP contribution in [0, 0.1) is 5.82 Å². The summed E-state index contributed by atoms with van der Waals surface area (Å²) in [6, 6.07) is 2.11. The van der Waals surface area contributed by atoms with Gasteiger partial charge >= 0.3 is 0 Å². The van der Waals surface area contributed by atoms with E-state index in [0.29, 0.717) is 17.7 Å². The molecule has 0 saturated carbocycles. The monoisotopic (exact) mass is 367 g/mol. The van der Waals surface area contributed by atoms with E-state index >= 15 is 0 Å². The zero-order valence-electron chi connectivity index (χ0n) is 10.6. The highest BCUT2D eigenvalue weighted by Gasteiger charge is 2.19. The number of primary sulfonamides is 1. The molecule has 1 aliphatic heterocycles. The van der Waals surface area contributed by atoms with Crippen molar-refractivity contribution in [2.24, 2.45) is 5.14 Å². The second kappa shape index (κ2) is 6.38. The zero-order valence-corrected chi connectivity index (χ0v) is 13.0. The Labute approximate surface area is 125 Å². The van der Waals surface area contributed by atoms with Crippen molar-refractivity contribution in [2.75, 3.05) is 13.2 Å². The molecule has 0 amide bonds. The Morgan fingerprint density at radius 2 is 2.20 bits per heavy atom. The van der Waals surface area contributed by atoms with Crippen molar-refractivity contribution in [3.63, 3.8) is 0 Å². The topological polar surface area (TPSA) is 78.6 Å². The van der Waals surface area contributed by atoms with Crippen LogP contribution in [0.5, 0.6) is 5.75 Å². The SMILES string of the molecule is NS(=O)(=O)c1cc(Br)c(OCC2CCCCO2)cc1F. The van der Waals surface area contributed by atoms with Crippen LogP contribution in [0.3, 0.4) is 0 Å². The second-order valence-electron chi connectivity index (χ2n) is 4.56. The molecule has 0 aliphatic carbocycles. The van der Waals surface area contributed by atoms with Crippen LogP contribution in [-0.2, 0) is 14.8 Å². The molecule has 1 atom stereocenters. The summed E-state index contributed by atoms with van der Waals surface area (Å²) in [5.41, 5.74) is 0. The van der Waals surface area contributed by atoms with Crippen molar-refractivity contribution in [1.82, 2.24) is 0 Å². The maximum absolute atomic E-state index is 13.7. The van der Waals surface area contributed by atoms with Gasteiger partial charge in [0.05, 0.1) is 10.6 Å². The predicted octanol–water partition coefficient (Wildman–Crippen LogP) is 2.18. The molecule has 2 rings (SSSR count). The molecule has 0 bridgehead atoms. The molecule has 1 aliphatic rings. The van der Waals surface area contributed by atoms with Gasteiger partial charge in [-0.15, -0.1) is 0 Å². The molecule has 1 heterocycles. The number of rotatable bonds is 4. The molecule has 1 fully saturated rings. The van der Waals surface area contributed by atoms with Crippen LogP contribution in [-0.4, -0.2) is 27.7 Å². The maximum Gasteiger partial charge on any atom is 0.241 e. The third-order valence-corrected chi connectivity index (χ3v) is 4.54. The first-order valence-corrected chi connectivity index (χ1v) is 8.48. The number of halogens is 2. The average molecular weight is 368 g/mol. The van der Waals surface area contributed by atoms with Gasteiger partial charge in [-0.2, -0.15) is 0 Å². The largest absolute Gasteiger partial charge is 0.490 e. The van der Waals surface area contributed by atoms with Gasteiger partial charge in [-0.1, -0.05) is 0 Å². The van der Waals surface area contributed by atoms with E-state index in [9.17, 15) is 12.8 Å². The molecule has 0 spiro atoms. The van der Waals surface area contributed by atoms with Gasteiger partial charge in [-0.25, -0.2) is 17.9 Å². The molecule has 1 aromatic carbocycles. The molecule has 0 aromatic heterocycles. The first-order valence-electron chi connectivity index (χ1n) is 6.14. The molecule has 20 heavy (non-hydrogen) atoms. The fraction of sp³-hybridized carbons (Fsp3) is 0.500. The average Bonchev–Trinajstić information content (AvgIpc) is 2.39. The van der Waals surface area contributed by atoms with Crippen LogP contribution in [0.25, 0.3) is 0 Å². The van der Waals surface area contributed by atoms with Gasteiger partial charge < -0.3 is 9.47 Å². The van der Waals surface area contributed by atoms with Gasteiger partial charge in [0.1, 0.15) is 23.1 Å². The highest BCUT2D eigenvalue weighted by Crippen LogP contribution is 2.30. The second-order valence-corrected chi connectivity index (χ2v) is 6.94. The van der Waals surface area contributed by atoms with Crippen LogP contribution < -0.4 is 9.88 Å². The summed E-state index contributed by atoms with van der Waals surface area (Å²) in [5, 5.41) is 4.92. The van der Waals surface area contributed by atoms with Gasteiger partial charge in [0, 0.05) is 12.7 Å². The van der Waals surface area contributed by atoms with E-state index < -0.39 is 20.7 Å². The normalized spacial score (nSPS) is 19.9. The van der Waals surface area contributed by atoms with Crippen molar-refractivity contribution in [2.45, 2.75) is 30.3 Å². The van der Waals surface area contributed by atoms with E-state index in [-0.39, 0.29) is 11.9 Å². The Kier molecular flexibility index (Phi) is 5.00. The Balaban J connectivity index is 2.11. The maximum atomic E-state index is 13.7. The smallest absolute Gasteiger partial charge is 0.241 e. The summed E-state index contributed by atoms with van der Waals surface area (Å²) < 4.78 is 47.4. The van der Waals surface area contributed by atoms with E-state index in [0.717, 1.165) is 31.4 Å². The molecule has 5 nitrogen and oxygen atoms in total. The van der Waals surface area contributed by atoms with Crippen molar-refractivity contribution in [3.8, 4) is 5.75 Å². The van der Waals surface area contributed by atoms with Crippen molar-refractivity contribution in [3.05, 3.63) is 22.4 Å². The Hall–Kier alpha value is -0.700. The quantitative estimate of drug-likeness (QED) is 0.884. The first kappa shape index (κ1) is 15.7. The van der Waals surface area contributed by atoms with Crippen molar-refractivity contribution >= 4 is 26.0 Å². The van der Waals surface area contributed by atoms with Crippen molar-refractivity contribution < 1.29 is 22.3 Å². The Bertz CT molecular complexity index is 587. The third-order valence-electron chi connectivity index (χ3n) is 2.99. The molecular formula is C12H15BrFNO4S. The number of hydrogen-bond acceptors (Lipinski definition) is 4. The van der Waals surface area contributed by atoms with Crippen molar-refractivity contribution in [1.29, 1.82) is 0 Å². The van der Waals surface area contributed by atoms with E-state index in [1.165, 1.54) is 0 Å². The lowest BCUT2D eigenvalue weighted by Crippen LogP contribution is -2.26.